The van der Waals surface area contributed by atoms with Gasteiger partial charge in [-0.2, -0.15) is 0 Å². The summed E-state index contributed by atoms with van der Waals surface area (Å²) in [5.41, 5.74) is 0. The van der Waals surface area contributed by atoms with E-state index in [1.807, 2.05) is 0 Å². The Hall–Kier alpha value is -2.89. The minimum absolute atomic E-state index is 0.0821. The molecule has 0 heterocycles. The van der Waals surface area contributed by atoms with Crippen molar-refractivity contribution in [2.45, 2.75) is 226 Å². The van der Waals surface area contributed by atoms with Gasteiger partial charge < -0.3 is 14.2 Å². The normalized spacial score (nSPS) is 12.6. The van der Waals surface area contributed by atoms with Crippen LogP contribution in [0.4, 0.5) is 0 Å². The van der Waals surface area contributed by atoms with Gasteiger partial charge in [-0.1, -0.05) is 178 Å². The summed E-state index contributed by atoms with van der Waals surface area (Å²) in [5.74, 6) is -0.915. The van der Waals surface area contributed by atoms with Gasteiger partial charge in [0.15, 0.2) is 6.10 Å². The molecule has 0 amide bonds. The van der Waals surface area contributed by atoms with Gasteiger partial charge in [0, 0.05) is 19.3 Å². The van der Waals surface area contributed by atoms with Crippen LogP contribution in [0.3, 0.4) is 0 Å². The van der Waals surface area contributed by atoms with Gasteiger partial charge in [-0.05, 0) is 83.5 Å². The molecule has 0 bridgehead atoms. The second-order valence-electron chi connectivity index (χ2n) is 15.3. The van der Waals surface area contributed by atoms with Crippen LogP contribution in [-0.2, 0) is 28.6 Å². The lowest BCUT2D eigenvalue weighted by Crippen LogP contribution is -2.30. The Morgan fingerprint density at radius 3 is 1.14 bits per heavy atom. The Labute approximate surface area is 345 Å². The number of esters is 3. The molecule has 0 aromatic heterocycles. The lowest BCUT2D eigenvalue weighted by atomic mass is 10.1. The van der Waals surface area contributed by atoms with Gasteiger partial charge in [-0.25, -0.2) is 0 Å². The third-order valence-electron chi connectivity index (χ3n) is 9.76. The second-order valence-corrected chi connectivity index (χ2v) is 15.3. The van der Waals surface area contributed by atoms with Crippen molar-refractivity contribution in [2.75, 3.05) is 13.2 Å². The lowest BCUT2D eigenvalue weighted by molar-refractivity contribution is -0.167. The van der Waals surface area contributed by atoms with Crippen LogP contribution in [0.15, 0.2) is 60.8 Å². The van der Waals surface area contributed by atoms with Crippen molar-refractivity contribution in [1.29, 1.82) is 0 Å². The predicted molar refractivity (Wildman–Crippen MR) is 238 cm³/mol. The maximum Gasteiger partial charge on any atom is 0.306 e. The van der Waals surface area contributed by atoms with E-state index in [1.165, 1.54) is 77.0 Å². The number of hydrogen-bond acceptors (Lipinski definition) is 6. The molecule has 0 aromatic rings. The minimum Gasteiger partial charge on any atom is -0.462 e. The van der Waals surface area contributed by atoms with E-state index in [0.29, 0.717) is 19.3 Å². The summed E-state index contributed by atoms with van der Waals surface area (Å²) in [6, 6.07) is 0. The minimum atomic E-state index is -0.779. The number of carbonyl (C=O) groups excluding carboxylic acids is 3. The Morgan fingerprint density at radius 2 is 0.696 bits per heavy atom. The summed E-state index contributed by atoms with van der Waals surface area (Å²) in [4.78, 5) is 37.6. The highest BCUT2D eigenvalue weighted by Crippen LogP contribution is 2.13. The fourth-order valence-corrected chi connectivity index (χ4v) is 6.25. The van der Waals surface area contributed by atoms with Gasteiger partial charge >= 0.3 is 17.9 Å². The van der Waals surface area contributed by atoms with Crippen molar-refractivity contribution < 1.29 is 28.6 Å². The van der Waals surface area contributed by atoms with Crippen molar-refractivity contribution in [1.82, 2.24) is 0 Å². The Bertz CT molecular complexity index is 1040. The highest BCUT2D eigenvalue weighted by atomic mass is 16.6. The van der Waals surface area contributed by atoms with Crippen LogP contribution in [0.1, 0.15) is 220 Å². The molecular weight excluding hydrogens is 697 g/mol. The van der Waals surface area contributed by atoms with E-state index >= 15 is 0 Å². The smallest absolute Gasteiger partial charge is 0.306 e. The van der Waals surface area contributed by atoms with Crippen LogP contribution in [0.5, 0.6) is 0 Å². The average Bonchev–Trinajstić information content (AvgIpc) is 3.19. The summed E-state index contributed by atoms with van der Waals surface area (Å²) in [7, 11) is 0. The van der Waals surface area contributed by atoms with Crippen molar-refractivity contribution in [3.05, 3.63) is 60.8 Å². The van der Waals surface area contributed by atoms with Crippen LogP contribution in [-0.4, -0.2) is 37.2 Å². The fraction of sp³-hybridized carbons (Fsp3) is 0.740. The van der Waals surface area contributed by atoms with Crippen molar-refractivity contribution >= 4 is 17.9 Å². The molecule has 0 aromatic carbocycles. The summed E-state index contributed by atoms with van der Waals surface area (Å²) < 4.78 is 16.6. The molecule has 1 atom stereocenters. The summed E-state index contributed by atoms with van der Waals surface area (Å²) in [6.45, 7) is 6.43. The monoisotopic (exact) mass is 783 g/mol. The molecule has 0 aliphatic heterocycles. The highest BCUT2D eigenvalue weighted by Gasteiger charge is 2.19. The van der Waals surface area contributed by atoms with Crippen LogP contribution >= 0.6 is 0 Å². The van der Waals surface area contributed by atoms with Crippen LogP contribution < -0.4 is 0 Å². The van der Waals surface area contributed by atoms with E-state index < -0.39 is 6.10 Å². The molecule has 6 nitrogen and oxygen atoms in total. The second kappa shape index (κ2) is 44.8. The third kappa shape index (κ3) is 42.3. The van der Waals surface area contributed by atoms with Crippen molar-refractivity contribution in [3.8, 4) is 0 Å². The van der Waals surface area contributed by atoms with Gasteiger partial charge in [-0.15, -0.1) is 0 Å². The van der Waals surface area contributed by atoms with Crippen LogP contribution in [0.25, 0.3) is 0 Å². The molecule has 0 aliphatic carbocycles. The number of unbranched alkanes of at least 4 members (excludes halogenated alkanes) is 20. The number of rotatable bonds is 41. The Balaban J connectivity index is 4.30. The zero-order valence-electron chi connectivity index (χ0n) is 36.6. The number of carbonyl (C=O) groups is 3. The van der Waals surface area contributed by atoms with E-state index in [4.69, 9.17) is 14.2 Å². The topological polar surface area (TPSA) is 78.9 Å². The first kappa shape index (κ1) is 53.1. The van der Waals surface area contributed by atoms with Crippen LogP contribution in [0, 0.1) is 0 Å². The molecule has 1 unspecified atom stereocenters. The number of ether oxygens (including phenoxy) is 3. The van der Waals surface area contributed by atoms with Gasteiger partial charge in [0.05, 0.1) is 0 Å². The Morgan fingerprint density at radius 1 is 0.375 bits per heavy atom. The van der Waals surface area contributed by atoms with E-state index in [0.717, 1.165) is 103 Å². The fourth-order valence-electron chi connectivity index (χ4n) is 6.25. The molecule has 0 rings (SSSR count). The molecule has 0 N–H and O–H groups in total. The maximum atomic E-state index is 12.7. The molecule has 322 valence electrons. The van der Waals surface area contributed by atoms with E-state index in [2.05, 4.69) is 81.5 Å². The quantitative estimate of drug-likeness (QED) is 0.0266. The zero-order chi connectivity index (χ0) is 40.8. The van der Waals surface area contributed by atoms with Gasteiger partial charge in [0.2, 0.25) is 0 Å². The molecular formula is C50H86O6. The van der Waals surface area contributed by atoms with E-state index in [9.17, 15) is 14.4 Å². The van der Waals surface area contributed by atoms with E-state index in [-0.39, 0.29) is 31.1 Å². The molecule has 6 heteroatoms. The van der Waals surface area contributed by atoms with Gasteiger partial charge in [0.1, 0.15) is 13.2 Å². The molecule has 0 fully saturated rings. The van der Waals surface area contributed by atoms with Gasteiger partial charge in [0.25, 0.3) is 0 Å². The highest BCUT2D eigenvalue weighted by molar-refractivity contribution is 5.71. The lowest BCUT2D eigenvalue weighted by Gasteiger charge is -2.18. The zero-order valence-corrected chi connectivity index (χ0v) is 36.6. The van der Waals surface area contributed by atoms with Crippen LogP contribution in [0.2, 0.25) is 0 Å². The largest absolute Gasteiger partial charge is 0.462 e. The van der Waals surface area contributed by atoms with Crippen molar-refractivity contribution in [3.63, 3.8) is 0 Å². The summed E-state index contributed by atoms with van der Waals surface area (Å²) >= 11 is 0. The Kier molecular flexibility index (Phi) is 42.5. The molecule has 56 heavy (non-hydrogen) atoms. The first-order valence-electron chi connectivity index (χ1n) is 23.3. The standard InChI is InChI=1S/C50H86O6/c1-4-7-10-13-16-18-20-22-23-24-25-26-27-28-30-31-34-37-40-43-49(52)55-46-47(45-54-48(51)42-39-36-33-15-12-9-6-3)56-50(53)44-41-38-35-32-29-21-19-17-14-11-8-5-2/h7,10,16-19,22-23,25-26,47H,4-6,8-9,11-15,20-21,24,27-46H2,1-3H3/b10-7-,18-16-,19-17-,23-22-,26-25-. The molecule has 0 spiro atoms. The van der Waals surface area contributed by atoms with Gasteiger partial charge in [-0.3, -0.25) is 14.4 Å². The molecule has 0 saturated heterocycles. The first-order chi connectivity index (χ1) is 27.5. The molecule has 0 aliphatic rings. The van der Waals surface area contributed by atoms with Crippen molar-refractivity contribution in [2.24, 2.45) is 0 Å². The third-order valence-corrected chi connectivity index (χ3v) is 9.76. The number of allylic oxidation sites excluding steroid dienone is 10. The summed E-state index contributed by atoms with van der Waals surface area (Å²) in [5, 5.41) is 0. The van der Waals surface area contributed by atoms with E-state index in [1.54, 1.807) is 0 Å². The average molecular weight is 783 g/mol. The number of hydrogen-bond donors (Lipinski definition) is 0. The SMILES string of the molecule is CC/C=C\C/C=C\C/C=C\C/C=C\CCCCCCCCC(=O)OCC(COC(=O)CCCCCCCCC)OC(=O)CCCCCCC/C=C\CCCCC. The first-order valence-corrected chi connectivity index (χ1v) is 23.3. The maximum absolute atomic E-state index is 12.7. The predicted octanol–water partition coefficient (Wildman–Crippen LogP) is 14.9. The summed E-state index contributed by atoms with van der Waals surface area (Å²) in [6.07, 6.45) is 53.5. The molecule has 0 radical (unpaired) electrons. The molecule has 0 saturated carbocycles.